The van der Waals surface area contributed by atoms with Crippen LogP contribution >= 0.6 is 0 Å². The summed E-state index contributed by atoms with van der Waals surface area (Å²) in [5, 5.41) is 7.85. The lowest BCUT2D eigenvalue weighted by molar-refractivity contribution is 0.416. The summed E-state index contributed by atoms with van der Waals surface area (Å²) in [6.07, 6.45) is 3.70. The van der Waals surface area contributed by atoms with Crippen LogP contribution in [0.3, 0.4) is 0 Å². The van der Waals surface area contributed by atoms with Crippen molar-refractivity contribution in [2.45, 2.75) is 32.7 Å². The van der Waals surface area contributed by atoms with Crippen LogP contribution in [0.1, 0.15) is 43.9 Å². The zero-order valence-corrected chi connectivity index (χ0v) is 17.6. The molecule has 0 saturated carbocycles. The maximum Gasteiger partial charge on any atom is 0.165 e. The van der Waals surface area contributed by atoms with Crippen molar-refractivity contribution < 1.29 is 9.13 Å². The van der Waals surface area contributed by atoms with E-state index in [-0.39, 0.29) is 11.9 Å². The van der Waals surface area contributed by atoms with Crippen molar-refractivity contribution in [3.05, 3.63) is 77.9 Å². The number of methoxy groups -OCH3 is 1. The third-order valence-corrected chi connectivity index (χ3v) is 5.28. The van der Waals surface area contributed by atoms with Gasteiger partial charge in [-0.15, -0.1) is 0 Å². The molecule has 5 nitrogen and oxygen atoms in total. The Morgan fingerprint density at radius 2 is 1.70 bits per heavy atom. The number of nitrogens with zero attached hydrogens (tertiary/aromatic N) is 3. The van der Waals surface area contributed by atoms with Gasteiger partial charge < -0.3 is 10.1 Å². The number of ether oxygens (including phenoxy) is 1. The maximum atomic E-state index is 13.2. The molecule has 0 unspecified atom stereocenters. The topological polar surface area (TPSA) is 51.5 Å². The van der Waals surface area contributed by atoms with Gasteiger partial charge in [-0.1, -0.05) is 32.0 Å². The average Bonchev–Trinajstić information content (AvgIpc) is 3.16. The van der Waals surface area contributed by atoms with Crippen LogP contribution in [0.2, 0.25) is 0 Å². The summed E-state index contributed by atoms with van der Waals surface area (Å²) >= 11 is 0. The van der Waals surface area contributed by atoms with Gasteiger partial charge in [0.25, 0.3) is 0 Å². The second-order valence-corrected chi connectivity index (χ2v) is 7.67. The highest BCUT2D eigenvalue weighted by molar-refractivity contribution is 5.82. The Balaban J connectivity index is 1.72. The monoisotopic (exact) mass is 404 g/mol. The first kappa shape index (κ1) is 19.9. The molecule has 0 aliphatic heterocycles. The molecule has 1 atom stereocenters. The number of aromatic nitrogens is 3. The summed E-state index contributed by atoms with van der Waals surface area (Å²) < 4.78 is 20.6. The normalized spacial score (nSPS) is 12.3. The second-order valence-electron chi connectivity index (χ2n) is 7.67. The average molecular weight is 404 g/mol. The van der Waals surface area contributed by atoms with Crippen LogP contribution in [0, 0.1) is 5.82 Å². The Kier molecular flexibility index (Phi) is 5.40. The summed E-state index contributed by atoms with van der Waals surface area (Å²) in [6.45, 7) is 6.35. The second kappa shape index (κ2) is 8.14. The highest BCUT2D eigenvalue weighted by Gasteiger charge is 2.16. The van der Waals surface area contributed by atoms with Crippen LogP contribution < -0.4 is 10.1 Å². The lowest BCUT2D eigenvalue weighted by Crippen LogP contribution is -2.08. The highest BCUT2D eigenvalue weighted by atomic mass is 19.1. The van der Waals surface area contributed by atoms with Crippen LogP contribution in [-0.4, -0.2) is 21.7 Å². The Bertz CT molecular complexity index is 1170. The number of hydrogen-bond acceptors (Lipinski definition) is 4. The van der Waals surface area contributed by atoms with E-state index < -0.39 is 0 Å². The number of hydrogen-bond donors (Lipinski definition) is 1. The van der Waals surface area contributed by atoms with Gasteiger partial charge in [0.1, 0.15) is 17.4 Å². The van der Waals surface area contributed by atoms with E-state index >= 15 is 0 Å². The molecule has 2 heterocycles. The fraction of sp³-hybridized carbons (Fsp3) is 0.250. The third kappa shape index (κ3) is 3.85. The van der Waals surface area contributed by atoms with Crippen molar-refractivity contribution in [3.8, 4) is 16.9 Å². The SMILES string of the molecule is COc1ccc(C(C)C)cc1-c1cnn2ccc(N[C@@H](C)c3ccc(F)cc3)nc12. The zero-order valence-electron chi connectivity index (χ0n) is 17.6. The zero-order chi connectivity index (χ0) is 21.3. The Labute approximate surface area is 175 Å². The Hall–Kier alpha value is -3.41. The van der Waals surface area contributed by atoms with E-state index in [1.807, 2.05) is 31.5 Å². The molecule has 154 valence electrons. The minimum Gasteiger partial charge on any atom is -0.496 e. The predicted octanol–water partition coefficient (Wildman–Crippen LogP) is 5.84. The largest absolute Gasteiger partial charge is 0.496 e. The van der Waals surface area contributed by atoms with Crippen molar-refractivity contribution in [2.24, 2.45) is 0 Å². The molecule has 0 aliphatic rings. The van der Waals surface area contributed by atoms with Crippen molar-refractivity contribution in [3.63, 3.8) is 0 Å². The third-order valence-electron chi connectivity index (χ3n) is 5.28. The first-order chi connectivity index (χ1) is 14.5. The van der Waals surface area contributed by atoms with E-state index in [9.17, 15) is 4.39 Å². The van der Waals surface area contributed by atoms with Gasteiger partial charge in [-0.05, 0) is 54.3 Å². The van der Waals surface area contributed by atoms with Gasteiger partial charge in [-0.25, -0.2) is 13.9 Å². The fourth-order valence-corrected chi connectivity index (χ4v) is 3.49. The summed E-state index contributed by atoms with van der Waals surface area (Å²) in [7, 11) is 1.67. The maximum absolute atomic E-state index is 13.2. The highest BCUT2D eigenvalue weighted by Crippen LogP contribution is 2.35. The molecule has 0 fully saturated rings. The molecule has 4 aromatic rings. The number of halogens is 1. The molecule has 0 saturated heterocycles. The molecule has 30 heavy (non-hydrogen) atoms. The van der Waals surface area contributed by atoms with E-state index in [4.69, 9.17) is 9.72 Å². The molecule has 0 radical (unpaired) electrons. The number of benzene rings is 2. The first-order valence-electron chi connectivity index (χ1n) is 10.0. The van der Waals surface area contributed by atoms with Crippen molar-refractivity contribution in [1.29, 1.82) is 0 Å². The summed E-state index contributed by atoms with van der Waals surface area (Å²) in [5.74, 6) is 1.67. The van der Waals surface area contributed by atoms with E-state index in [0.717, 1.165) is 33.9 Å². The standard InChI is InChI=1S/C24H25FN4O/c1-15(2)18-7-10-22(30-4)20(13-18)21-14-26-29-12-11-23(28-24(21)29)27-16(3)17-5-8-19(25)9-6-17/h5-16H,1-4H3,(H,27,28)/t16-/m0/s1. The minimum atomic E-state index is -0.244. The molecular weight excluding hydrogens is 379 g/mol. The minimum absolute atomic E-state index is 0.0225. The smallest absolute Gasteiger partial charge is 0.165 e. The van der Waals surface area contributed by atoms with Gasteiger partial charge in [0.2, 0.25) is 0 Å². The number of anilines is 1. The van der Waals surface area contributed by atoms with Crippen LogP contribution in [0.5, 0.6) is 5.75 Å². The predicted molar refractivity (Wildman–Crippen MR) is 118 cm³/mol. The molecule has 0 aliphatic carbocycles. The quantitative estimate of drug-likeness (QED) is 0.439. The van der Waals surface area contributed by atoms with Crippen LogP contribution in [0.25, 0.3) is 16.8 Å². The van der Waals surface area contributed by atoms with E-state index in [2.05, 4.69) is 36.4 Å². The van der Waals surface area contributed by atoms with Crippen LogP contribution in [-0.2, 0) is 0 Å². The molecule has 1 N–H and O–H groups in total. The van der Waals surface area contributed by atoms with Gasteiger partial charge >= 0.3 is 0 Å². The fourth-order valence-electron chi connectivity index (χ4n) is 3.49. The molecule has 4 rings (SSSR count). The van der Waals surface area contributed by atoms with E-state index in [1.165, 1.54) is 17.7 Å². The van der Waals surface area contributed by atoms with Crippen molar-refractivity contribution in [1.82, 2.24) is 14.6 Å². The molecular formula is C24H25FN4O. The molecule has 0 bridgehead atoms. The molecule has 0 amide bonds. The lowest BCUT2D eigenvalue weighted by Gasteiger charge is -2.15. The Morgan fingerprint density at radius 1 is 0.967 bits per heavy atom. The van der Waals surface area contributed by atoms with Gasteiger partial charge in [0.05, 0.1) is 18.9 Å². The van der Waals surface area contributed by atoms with Crippen molar-refractivity contribution in [2.75, 3.05) is 12.4 Å². The Morgan fingerprint density at radius 3 is 2.40 bits per heavy atom. The van der Waals surface area contributed by atoms with Crippen LogP contribution in [0.4, 0.5) is 10.2 Å². The lowest BCUT2D eigenvalue weighted by atomic mass is 9.97. The number of fused-ring (bicyclic) bond motifs is 1. The first-order valence-corrected chi connectivity index (χ1v) is 10.0. The van der Waals surface area contributed by atoms with Gasteiger partial charge in [0, 0.05) is 17.8 Å². The van der Waals surface area contributed by atoms with Gasteiger partial charge in [0.15, 0.2) is 5.65 Å². The number of rotatable bonds is 6. The summed E-state index contributed by atoms with van der Waals surface area (Å²) in [4.78, 5) is 4.80. The summed E-state index contributed by atoms with van der Waals surface area (Å²) in [6, 6.07) is 14.6. The summed E-state index contributed by atoms with van der Waals surface area (Å²) in [5.41, 5.74) is 4.83. The molecule has 6 heteroatoms. The van der Waals surface area contributed by atoms with Crippen molar-refractivity contribution >= 4 is 11.5 Å². The number of nitrogens with one attached hydrogen (secondary N) is 1. The van der Waals surface area contributed by atoms with E-state index in [1.54, 1.807) is 23.8 Å². The van der Waals surface area contributed by atoms with E-state index in [0.29, 0.717) is 5.92 Å². The van der Waals surface area contributed by atoms with Crippen LogP contribution in [0.15, 0.2) is 60.9 Å². The van der Waals surface area contributed by atoms with Gasteiger partial charge in [-0.3, -0.25) is 0 Å². The molecule has 2 aromatic heterocycles. The molecule has 0 spiro atoms. The molecule has 2 aromatic carbocycles. The van der Waals surface area contributed by atoms with Gasteiger partial charge in [-0.2, -0.15) is 5.10 Å².